The number of nitrogens with zero attached hydrogens (tertiary/aromatic N) is 1. The van der Waals surface area contributed by atoms with Crippen molar-refractivity contribution >= 4 is 21.6 Å². The first kappa shape index (κ1) is 14.2. The summed E-state index contributed by atoms with van der Waals surface area (Å²) in [6.45, 7) is 0. The second-order valence-electron chi connectivity index (χ2n) is 5.21. The molecule has 1 aliphatic rings. The minimum atomic E-state index is -3.83. The number of hydrogen-bond donors (Lipinski definition) is 0. The number of rotatable bonds is 1. The van der Waals surface area contributed by atoms with Crippen molar-refractivity contribution in [3.05, 3.63) is 76.0 Å². The molecular weight excluding hydrogens is 334 g/mol. The van der Waals surface area contributed by atoms with Crippen LogP contribution in [0.4, 0.5) is 0 Å². The van der Waals surface area contributed by atoms with Gasteiger partial charge in [-0.05, 0) is 23.8 Å². The van der Waals surface area contributed by atoms with Crippen molar-refractivity contribution in [2.24, 2.45) is 0 Å². The van der Waals surface area contributed by atoms with Crippen molar-refractivity contribution in [2.45, 2.75) is 4.90 Å². The SMILES string of the molecule is O=c1cc(-c2ccccc2Cl)cc2n1S(=O)(=O)c1ccccc1-2. The van der Waals surface area contributed by atoms with Crippen LogP contribution in [0.1, 0.15) is 0 Å². The molecule has 0 unspecified atom stereocenters. The fraction of sp³-hybridized carbons (Fsp3) is 0. The van der Waals surface area contributed by atoms with Gasteiger partial charge in [0.05, 0.1) is 10.6 Å². The number of hydrogen-bond acceptors (Lipinski definition) is 3. The molecule has 0 spiro atoms. The van der Waals surface area contributed by atoms with E-state index in [9.17, 15) is 13.2 Å². The molecule has 114 valence electrons. The maximum atomic E-state index is 12.5. The predicted molar refractivity (Wildman–Crippen MR) is 89.2 cm³/mol. The Bertz CT molecular complexity index is 1120. The monoisotopic (exact) mass is 343 g/mol. The summed E-state index contributed by atoms with van der Waals surface area (Å²) in [6, 6.07) is 16.7. The first-order valence-corrected chi connectivity index (χ1v) is 8.69. The molecule has 0 amide bonds. The smallest absolute Gasteiger partial charge is 0.268 e. The summed E-state index contributed by atoms with van der Waals surface area (Å²) in [5, 5.41) is 0.506. The molecule has 1 aliphatic heterocycles. The first-order chi connectivity index (χ1) is 11.0. The van der Waals surface area contributed by atoms with E-state index in [1.807, 2.05) is 6.07 Å². The first-order valence-electron chi connectivity index (χ1n) is 6.87. The van der Waals surface area contributed by atoms with Crippen LogP contribution in [0.2, 0.25) is 5.02 Å². The van der Waals surface area contributed by atoms with Crippen LogP contribution in [0.25, 0.3) is 22.4 Å². The highest BCUT2D eigenvalue weighted by molar-refractivity contribution is 7.90. The topological polar surface area (TPSA) is 56.1 Å². The van der Waals surface area contributed by atoms with Crippen LogP contribution < -0.4 is 5.56 Å². The second kappa shape index (κ2) is 4.81. The van der Waals surface area contributed by atoms with Gasteiger partial charge in [-0.25, -0.2) is 8.42 Å². The molecule has 0 saturated heterocycles. The van der Waals surface area contributed by atoms with E-state index in [-0.39, 0.29) is 4.90 Å². The largest absolute Gasteiger partial charge is 0.271 e. The summed E-state index contributed by atoms with van der Waals surface area (Å²) < 4.78 is 25.9. The Morgan fingerprint density at radius 3 is 2.26 bits per heavy atom. The summed E-state index contributed by atoms with van der Waals surface area (Å²) in [4.78, 5) is 12.6. The van der Waals surface area contributed by atoms with Gasteiger partial charge in [0.25, 0.3) is 15.6 Å². The molecule has 2 heterocycles. The highest BCUT2D eigenvalue weighted by atomic mass is 35.5. The van der Waals surface area contributed by atoms with Gasteiger partial charge < -0.3 is 0 Å². The van der Waals surface area contributed by atoms with Gasteiger partial charge in [0.15, 0.2) is 0 Å². The Kier molecular flexibility index (Phi) is 2.98. The summed E-state index contributed by atoms with van der Waals surface area (Å²) in [7, 11) is -3.83. The predicted octanol–water partition coefficient (Wildman–Crippen LogP) is 3.39. The summed E-state index contributed by atoms with van der Waals surface area (Å²) in [5.41, 5.74) is 1.59. The molecule has 4 nitrogen and oxygen atoms in total. The molecule has 0 atom stereocenters. The van der Waals surface area contributed by atoms with E-state index in [0.29, 0.717) is 27.4 Å². The van der Waals surface area contributed by atoms with Gasteiger partial charge in [0, 0.05) is 22.2 Å². The Labute approximate surface area is 137 Å². The van der Waals surface area contributed by atoms with Gasteiger partial charge in [-0.2, -0.15) is 3.97 Å². The molecule has 0 fully saturated rings. The fourth-order valence-corrected chi connectivity index (χ4v) is 4.69. The van der Waals surface area contributed by atoms with Crippen molar-refractivity contribution < 1.29 is 8.42 Å². The summed E-state index contributed by atoms with van der Waals surface area (Å²) in [6.07, 6.45) is 0. The van der Waals surface area contributed by atoms with Gasteiger partial charge in [-0.1, -0.05) is 48.0 Å². The lowest BCUT2D eigenvalue weighted by molar-refractivity contribution is 0.589. The third kappa shape index (κ3) is 1.97. The molecule has 0 radical (unpaired) electrons. The minimum Gasteiger partial charge on any atom is -0.268 e. The quantitative estimate of drug-likeness (QED) is 0.532. The lowest BCUT2D eigenvalue weighted by atomic mass is 10.0. The van der Waals surface area contributed by atoms with Crippen LogP contribution in [-0.2, 0) is 10.0 Å². The standard InChI is InChI=1S/C17H10ClNO3S/c18-14-7-3-1-5-12(14)11-9-15-13-6-2-4-8-16(13)23(21,22)19(15)17(20)10-11/h1-10H. The van der Waals surface area contributed by atoms with E-state index in [4.69, 9.17) is 11.6 Å². The molecule has 3 aromatic rings. The molecule has 4 rings (SSSR count). The molecule has 0 bridgehead atoms. The van der Waals surface area contributed by atoms with E-state index in [1.54, 1.807) is 42.5 Å². The lowest BCUT2D eigenvalue weighted by Crippen LogP contribution is -2.24. The van der Waals surface area contributed by atoms with Gasteiger partial charge >= 0.3 is 0 Å². The Morgan fingerprint density at radius 1 is 0.870 bits per heavy atom. The average Bonchev–Trinajstić information content (AvgIpc) is 2.77. The van der Waals surface area contributed by atoms with Gasteiger partial charge in [0.1, 0.15) is 0 Å². The average molecular weight is 344 g/mol. The minimum absolute atomic E-state index is 0.147. The van der Waals surface area contributed by atoms with Crippen LogP contribution in [0, 0.1) is 0 Å². The number of pyridine rings is 1. The van der Waals surface area contributed by atoms with Gasteiger partial charge in [0.2, 0.25) is 0 Å². The van der Waals surface area contributed by atoms with Crippen LogP contribution in [0.3, 0.4) is 0 Å². The Morgan fingerprint density at radius 2 is 1.52 bits per heavy atom. The normalized spacial score (nSPS) is 14.3. The number of aromatic nitrogens is 1. The van der Waals surface area contributed by atoms with Crippen LogP contribution in [-0.4, -0.2) is 12.4 Å². The maximum Gasteiger partial charge on any atom is 0.271 e. The fourth-order valence-electron chi connectivity index (χ4n) is 2.85. The molecule has 6 heteroatoms. The van der Waals surface area contributed by atoms with Crippen LogP contribution in [0.15, 0.2) is 70.4 Å². The number of halogens is 1. The highest BCUT2D eigenvalue weighted by Crippen LogP contribution is 2.38. The highest BCUT2D eigenvalue weighted by Gasteiger charge is 2.33. The maximum absolute atomic E-state index is 12.5. The van der Waals surface area contributed by atoms with Crippen molar-refractivity contribution in [3.8, 4) is 22.4 Å². The van der Waals surface area contributed by atoms with E-state index < -0.39 is 15.6 Å². The Hall–Kier alpha value is -2.37. The number of fused-ring (bicyclic) bond motifs is 3. The van der Waals surface area contributed by atoms with E-state index >= 15 is 0 Å². The van der Waals surface area contributed by atoms with Crippen molar-refractivity contribution in [1.29, 1.82) is 0 Å². The lowest BCUT2D eigenvalue weighted by Gasteiger charge is -2.08. The molecule has 0 saturated carbocycles. The zero-order chi connectivity index (χ0) is 16.2. The van der Waals surface area contributed by atoms with E-state index in [2.05, 4.69) is 0 Å². The van der Waals surface area contributed by atoms with Crippen LogP contribution >= 0.6 is 11.6 Å². The molecule has 0 N–H and O–H groups in total. The molecule has 0 aliphatic carbocycles. The van der Waals surface area contributed by atoms with Crippen molar-refractivity contribution in [1.82, 2.24) is 3.97 Å². The second-order valence-corrected chi connectivity index (χ2v) is 7.38. The van der Waals surface area contributed by atoms with Gasteiger partial charge in [-0.3, -0.25) is 4.79 Å². The zero-order valence-corrected chi connectivity index (χ0v) is 13.3. The third-order valence-electron chi connectivity index (χ3n) is 3.86. The molecule has 1 aromatic heterocycles. The summed E-state index contributed by atoms with van der Waals surface area (Å²) in [5.74, 6) is 0. The van der Waals surface area contributed by atoms with Crippen LogP contribution in [0.5, 0.6) is 0 Å². The van der Waals surface area contributed by atoms with E-state index in [0.717, 1.165) is 3.97 Å². The summed E-state index contributed by atoms with van der Waals surface area (Å²) >= 11 is 6.19. The zero-order valence-electron chi connectivity index (χ0n) is 11.7. The molecule has 23 heavy (non-hydrogen) atoms. The molecular formula is C17H10ClNO3S. The molecule has 2 aromatic carbocycles. The van der Waals surface area contributed by atoms with Gasteiger partial charge in [-0.15, -0.1) is 0 Å². The number of benzene rings is 2. The Balaban J connectivity index is 2.09. The van der Waals surface area contributed by atoms with Crippen molar-refractivity contribution in [3.63, 3.8) is 0 Å². The van der Waals surface area contributed by atoms with Crippen molar-refractivity contribution in [2.75, 3.05) is 0 Å². The third-order valence-corrected chi connectivity index (χ3v) is 5.96. The van der Waals surface area contributed by atoms with E-state index in [1.165, 1.54) is 12.1 Å².